The van der Waals surface area contributed by atoms with Gasteiger partial charge < -0.3 is 25.8 Å². The van der Waals surface area contributed by atoms with E-state index in [0.717, 1.165) is 5.56 Å². The Balaban J connectivity index is 2.54. The largest absolute Gasteiger partial charge is 0.465 e. The normalized spacial score (nSPS) is 11.1. The minimum atomic E-state index is -1.07. The van der Waals surface area contributed by atoms with E-state index in [1.807, 2.05) is 6.07 Å². The average molecular weight is 365 g/mol. The van der Waals surface area contributed by atoms with Gasteiger partial charge in [0.25, 0.3) is 0 Å². The van der Waals surface area contributed by atoms with Crippen molar-refractivity contribution in [1.29, 1.82) is 0 Å². The van der Waals surface area contributed by atoms with Gasteiger partial charge in [0.2, 0.25) is 11.8 Å². The Hall–Kier alpha value is -3.10. The number of ether oxygens (including phenoxy) is 2. The van der Waals surface area contributed by atoms with E-state index in [2.05, 4.69) is 10.6 Å². The van der Waals surface area contributed by atoms with Gasteiger partial charge in [-0.25, -0.2) is 4.79 Å². The summed E-state index contributed by atoms with van der Waals surface area (Å²) in [6.07, 6.45) is -0.962. The maximum absolute atomic E-state index is 12.1. The topological polar surface area (TPSA) is 137 Å². The molecular weight excluding hydrogens is 342 g/mol. The molecule has 0 radical (unpaired) electrons. The molecule has 0 bridgehead atoms. The van der Waals surface area contributed by atoms with Gasteiger partial charge in [-0.05, 0) is 18.9 Å². The number of hydrogen-bond acceptors (Lipinski definition) is 6. The van der Waals surface area contributed by atoms with Crippen molar-refractivity contribution in [2.45, 2.75) is 32.4 Å². The minimum Gasteiger partial charge on any atom is -0.465 e. The Kier molecular flexibility index (Phi) is 9.23. The summed E-state index contributed by atoms with van der Waals surface area (Å²) in [6.45, 7) is 1.50. The first-order valence-corrected chi connectivity index (χ1v) is 8.11. The van der Waals surface area contributed by atoms with Crippen LogP contribution in [0.15, 0.2) is 30.3 Å². The molecule has 3 amide bonds. The van der Waals surface area contributed by atoms with E-state index >= 15 is 0 Å². The summed E-state index contributed by atoms with van der Waals surface area (Å²) in [5.74, 6) is -1.87. The highest BCUT2D eigenvalue weighted by Crippen LogP contribution is 2.02. The predicted octanol–water partition coefficient (Wildman–Crippen LogP) is 0.226. The van der Waals surface area contributed by atoms with Crippen molar-refractivity contribution in [2.24, 2.45) is 5.73 Å². The molecule has 142 valence electrons. The van der Waals surface area contributed by atoms with Crippen LogP contribution in [0.25, 0.3) is 0 Å². The Morgan fingerprint density at radius 2 is 1.81 bits per heavy atom. The van der Waals surface area contributed by atoms with E-state index in [9.17, 15) is 19.2 Å². The lowest BCUT2D eigenvalue weighted by atomic mass is 10.1. The van der Waals surface area contributed by atoms with Crippen LogP contribution in [0, 0.1) is 0 Å². The molecule has 0 aliphatic carbocycles. The Labute approximate surface area is 151 Å². The average Bonchev–Trinajstić information content (AvgIpc) is 2.62. The first-order valence-electron chi connectivity index (χ1n) is 8.11. The molecule has 0 aromatic heterocycles. The molecule has 1 rings (SSSR count). The number of rotatable bonds is 10. The van der Waals surface area contributed by atoms with Crippen LogP contribution in [0.3, 0.4) is 0 Å². The SMILES string of the molecule is CCOC(=O)CNC(=O)C(CCC(N)=O)NC(=O)OCc1ccccc1. The molecule has 1 aromatic carbocycles. The number of primary amides is 1. The molecule has 9 nitrogen and oxygen atoms in total. The van der Waals surface area contributed by atoms with Crippen molar-refractivity contribution in [3.05, 3.63) is 35.9 Å². The lowest BCUT2D eigenvalue weighted by molar-refractivity contribution is -0.143. The summed E-state index contributed by atoms with van der Waals surface area (Å²) in [4.78, 5) is 46.3. The smallest absolute Gasteiger partial charge is 0.408 e. The molecule has 0 saturated carbocycles. The highest BCUT2D eigenvalue weighted by Gasteiger charge is 2.22. The van der Waals surface area contributed by atoms with E-state index in [4.69, 9.17) is 15.2 Å². The van der Waals surface area contributed by atoms with Crippen LogP contribution < -0.4 is 16.4 Å². The standard InChI is InChI=1S/C17H23N3O6/c1-2-25-15(22)10-19-16(23)13(8-9-14(18)21)20-17(24)26-11-12-6-4-3-5-7-12/h3-7,13H,2,8-11H2,1H3,(H2,18,21)(H,19,23)(H,20,24). The number of hydrogen-bond donors (Lipinski definition) is 3. The fourth-order valence-electron chi connectivity index (χ4n) is 1.96. The summed E-state index contributed by atoms with van der Waals surface area (Å²) in [7, 11) is 0. The van der Waals surface area contributed by atoms with Crippen molar-refractivity contribution in [1.82, 2.24) is 10.6 Å². The lowest BCUT2D eigenvalue weighted by Gasteiger charge is -2.17. The summed E-state index contributed by atoms with van der Waals surface area (Å²) in [5, 5.41) is 4.70. The summed E-state index contributed by atoms with van der Waals surface area (Å²) >= 11 is 0. The van der Waals surface area contributed by atoms with Crippen LogP contribution in [0.5, 0.6) is 0 Å². The first kappa shape index (κ1) is 20.9. The van der Waals surface area contributed by atoms with Gasteiger partial charge in [-0.3, -0.25) is 14.4 Å². The highest BCUT2D eigenvalue weighted by molar-refractivity contribution is 5.88. The fraction of sp³-hybridized carbons (Fsp3) is 0.412. The second-order valence-electron chi connectivity index (χ2n) is 5.29. The molecular formula is C17H23N3O6. The maximum atomic E-state index is 12.1. The third kappa shape index (κ3) is 8.67. The number of carbonyl (C=O) groups is 4. The fourth-order valence-corrected chi connectivity index (χ4v) is 1.96. The Morgan fingerprint density at radius 1 is 1.12 bits per heavy atom. The summed E-state index contributed by atoms with van der Waals surface area (Å²) < 4.78 is 9.74. The molecule has 0 aliphatic rings. The number of amides is 3. The monoisotopic (exact) mass is 365 g/mol. The number of nitrogens with one attached hydrogen (secondary N) is 2. The molecule has 9 heteroatoms. The van der Waals surface area contributed by atoms with Crippen LogP contribution in [-0.2, 0) is 30.5 Å². The number of carbonyl (C=O) groups excluding carboxylic acids is 4. The van der Waals surface area contributed by atoms with Crippen LogP contribution in [-0.4, -0.2) is 43.1 Å². The van der Waals surface area contributed by atoms with E-state index in [-0.39, 0.29) is 32.6 Å². The predicted molar refractivity (Wildman–Crippen MR) is 91.6 cm³/mol. The number of nitrogens with two attached hydrogens (primary N) is 1. The van der Waals surface area contributed by atoms with Crippen molar-refractivity contribution in [2.75, 3.05) is 13.2 Å². The second-order valence-corrected chi connectivity index (χ2v) is 5.29. The van der Waals surface area contributed by atoms with Crippen LogP contribution in [0.4, 0.5) is 4.79 Å². The second kappa shape index (κ2) is 11.5. The van der Waals surface area contributed by atoms with Gasteiger partial charge in [-0.2, -0.15) is 0 Å². The minimum absolute atomic E-state index is 0.0234. The van der Waals surface area contributed by atoms with Crippen molar-refractivity contribution in [3.63, 3.8) is 0 Å². The lowest BCUT2D eigenvalue weighted by Crippen LogP contribution is -2.48. The molecule has 1 unspecified atom stereocenters. The van der Waals surface area contributed by atoms with Crippen LogP contribution in [0.1, 0.15) is 25.3 Å². The molecule has 0 aliphatic heterocycles. The van der Waals surface area contributed by atoms with E-state index in [0.29, 0.717) is 0 Å². The molecule has 0 saturated heterocycles. The first-order chi connectivity index (χ1) is 12.4. The maximum Gasteiger partial charge on any atom is 0.408 e. The van der Waals surface area contributed by atoms with Crippen molar-refractivity contribution < 1.29 is 28.7 Å². The molecule has 26 heavy (non-hydrogen) atoms. The quantitative estimate of drug-likeness (QED) is 0.508. The number of alkyl carbamates (subject to hydrolysis) is 1. The van der Waals surface area contributed by atoms with Gasteiger partial charge in [0.1, 0.15) is 19.2 Å². The van der Waals surface area contributed by atoms with Crippen molar-refractivity contribution >= 4 is 23.9 Å². The highest BCUT2D eigenvalue weighted by atomic mass is 16.5. The van der Waals surface area contributed by atoms with Crippen LogP contribution >= 0.6 is 0 Å². The van der Waals surface area contributed by atoms with E-state index < -0.39 is 29.9 Å². The van der Waals surface area contributed by atoms with Gasteiger partial charge in [-0.15, -0.1) is 0 Å². The van der Waals surface area contributed by atoms with Gasteiger partial charge in [-0.1, -0.05) is 30.3 Å². The zero-order chi connectivity index (χ0) is 19.4. The Bertz CT molecular complexity index is 620. The number of esters is 1. The van der Waals surface area contributed by atoms with E-state index in [1.165, 1.54) is 0 Å². The molecule has 0 heterocycles. The van der Waals surface area contributed by atoms with E-state index in [1.54, 1.807) is 31.2 Å². The summed E-state index contributed by atoms with van der Waals surface area (Å²) in [6, 6.07) is 7.93. The number of benzene rings is 1. The molecule has 1 aromatic rings. The van der Waals surface area contributed by atoms with Gasteiger partial charge in [0.05, 0.1) is 6.61 Å². The molecule has 1 atom stereocenters. The van der Waals surface area contributed by atoms with Gasteiger partial charge in [0.15, 0.2) is 0 Å². The van der Waals surface area contributed by atoms with Crippen LogP contribution in [0.2, 0.25) is 0 Å². The van der Waals surface area contributed by atoms with Gasteiger partial charge >= 0.3 is 12.1 Å². The van der Waals surface area contributed by atoms with Gasteiger partial charge in [0, 0.05) is 6.42 Å². The zero-order valence-corrected chi connectivity index (χ0v) is 14.5. The molecule has 0 fully saturated rings. The van der Waals surface area contributed by atoms with Crippen molar-refractivity contribution in [3.8, 4) is 0 Å². The Morgan fingerprint density at radius 3 is 2.42 bits per heavy atom. The third-order valence-corrected chi connectivity index (χ3v) is 3.21. The molecule has 4 N–H and O–H groups in total. The third-order valence-electron chi connectivity index (χ3n) is 3.21. The summed E-state index contributed by atoms with van der Waals surface area (Å²) in [5.41, 5.74) is 5.86. The molecule has 0 spiro atoms. The zero-order valence-electron chi connectivity index (χ0n) is 14.5.